The molecule has 44 valence electrons. The van der Waals surface area contributed by atoms with Crippen LogP contribution in [0.1, 0.15) is 0 Å². The van der Waals surface area contributed by atoms with Crippen molar-refractivity contribution in [2.45, 2.75) is 0 Å². The molecule has 7 heavy (non-hydrogen) atoms. The van der Waals surface area contributed by atoms with Gasteiger partial charge in [-0.25, -0.2) is 0 Å². The zero-order valence-corrected chi connectivity index (χ0v) is 4.41. The van der Waals surface area contributed by atoms with Gasteiger partial charge in [0.1, 0.15) is 0 Å². The van der Waals surface area contributed by atoms with Crippen LogP contribution in [0.25, 0.3) is 0 Å². The molecule has 0 heterocycles. The van der Waals surface area contributed by atoms with Crippen LogP contribution in [0.5, 0.6) is 0 Å². The smallest absolute Gasteiger partial charge is 0.152 e. The Kier molecular flexibility index (Phi) is 3510. The van der Waals surface area contributed by atoms with Gasteiger partial charge in [0, 0.05) is 17.1 Å². The third-order valence-electron chi connectivity index (χ3n) is 0. The fourth-order valence-electron chi connectivity index (χ4n) is 0. The molecule has 0 atom stereocenters. The quantitative estimate of drug-likeness (QED) is 0.223. The van der Waals surface area contributed by atoms with Gasteiger partial charge in [-0.1, -0.05) is 0 Å². The molecule has 0 bridgehead atoms. The van der Waals surface area contributed by atoms with Crippen molar-refractivity contribution in [3.05, 3.63) is 11.5 Å². The summed E-state index contributed by atoms with van der Waals surface area (Å²) in [7, 11) is 0. The Morgan fingerprint density at radius 2 is 1.57 bits per heavy atom. The molecule has 0 fully saturated rings. The van der Waals surface area contributed by atoms with E-state index in [1.54, 1.807) is 0 Å². The van der Waals surface area contributed by atoms with E-state index in [0.717, 1.165) is 0 Å². The monoisotopic (exact) mass is 146 g/mol. The fraction of sp³-hybridized carbons (Fsp3) is 0. The van der Waals surface area contributed by atoms with Crippen LogP contribution in [-0.2, 0) is 17.1 Å². The molecule has 0 saturated heterocycles. The number of hydrogen-bond acceptors (Lipinski definition) is 4. The van der Waals surface area contributed by atoms with Crippen molar-refractivity contribution in [3.8, 4) is 0 Å². The molecular formula is CH4FeN3O2-. The summed E-state index contributed by atoms with van der Waals surface area (Å²) < 4.78 is 0. The Bertz CT molecular complexity index is 37.2. The van der Waals surface area contributed by atoms with Gasteiger partial charge in [-0.2, -0.15) is 0 Å². The van der Waals surface area contributed by atoms with E-state index in [1.807, 2.05) is 0 Å². The van der Waals surface area contributed by atoms with E-state index >= 15 is 0 Å². The third-order valence-corrected chi connectivity index (χ3v) is 0. The van der Waals surface area contributed by atoms with Gasteiger partial charge in [-0.05, 0) is 0 Å². The second-order valence-corrected chi connectivity index (χ2v) is 0.0816. The van der Waals surface area contributed by atoms with E-state index in [9.17, 15) is 0 Å². The van der Waals surface area contributed by atoms with Crippen molar-refractivity contribution in [3.63, 3.8) is 0 Å². The second kappa shape index (κ2) is 751. The molecule has 0 aliphatic carbocycles. The van der Waals surface area contributed by atoms with Gasteiger partial charge in [-0.3, -0.25) is 0 Å². The molecule has 0 aliphatic heterocycles. The maximum absolute atomic E-state index is 8.11. The summed E-state index contributed by atoms with van der Waals surface area (Å²) in [6.07, 6.45) is 0. The maximum atomic E-state index is 8.11. The first-order valence-corrected chi connectivity index (χ1v) is 0.606. The molecule has 0 aromatic heterocycles. The molecule has 0 rings (SSSR count). The normalized spacial score (nSPS) is 2.00. The summed E-state index contributed by atoms with van der Waals surface area (Å²) in [4.78, 5) is 8.11. The molecule has 0 aromatic carbocycles. The first-order valence-electron chi connectivity index (χ1n) is 0.606. The number of nitrogens with zero attached hydrogens (tertiary/aromatic N) is 2. The minimum absolute atomic E-state index is 0. The standard InChI is InChI=1S/CN.Fe.HNO2.H3N/c1-2;;2-1-3;/h;;(H,2,3);1H3/q-1;;;. The van der Waals surface area contributed by atoms with Crippen molar-refractivity contribution < 1.29 is 22.3 Å². The molecular weight excluding hydrogens is 142 g/mol. The Morgan fingerprint density at radius 1 is 1.57 bits per heavy atom. The first kappa shape index (κ1) is 32.7. The Morgan fingerprint density at radius 3 is 1.57 bits per heavy atom. The second-order valence-electron chi connectivity index (χ2n) is 0.0816. The zero-order valence-electron chi connectivity index (χ0n) is 3.31. The maximum Gasteiger partial charge on any atom is 0.152 e. The van der Waals surface area contributed by atoms with Crippen molar-refractivity contribution >= 4 is 0 Å². The summed E-state index contributed by atoms with van der Waals surface area (Å²) in [5.41, 5.74) is 0. The van der Waals surface area contributed by atoms with E-state index in [0.29, 0.717) is 0 Å². The predicted molar refractivity (Wildman–Crippen MR) is 17.6 cm³/mol. The molecule has 0 aliphatic rings. The predicted octanol–water partition coefficient (Wildman–Crippen LogP) is 0.398. The van der Waals surface area contributed by atoms with Crippen LogP contribution in [0.3, 0.4) is 0 Å². The number of rotatable bonds is 0. The van der Waals surface area contributed by atoms with Gasteiger partial charge >= 0.3 is 0 Å². The first-order chi connectivity index (χ1) is 2.41. The van der Waals surface area contributed by atoms with Gasteiger partial charge < -0.3 is 23.2 Å². The minimum Gasteiger partial charge on any atom is -0.512 e. The van der Waals surface area contributed by atoms with E-state index in [-0.39, 0.29) is 23.2 Å². The fourth-order valence-corrected chi connectivity index (χ4v) is 0. The van der Waals surface area contributed by atoms with Gasteiger partial charge in [0.25, 0.3) is 0 Å². The molecule has 4 N–H and O–H groups in total. The molecule has 0 saturated carbocycles. The topological polar surface area (TPSA) is 108 Å². The molecule has 0 aromatic rings. The summed E-state index contributed by atoms with van der Waals surface area (Å²) in [6, 6.07) is 0. The average Bonchev–Trinajstić information content (AvgIpc) is 1.46. The van der Waals surface area contributed by atoms with Gasteiger partial charge in [-0.15, -0.1) is 4.91 Å². The van der Waals surface area contributed by atoms with Crippen LogP contribution >= 0.6 is 0 Å². The van der Waals surface area contributed by atoms with Crippen molar-refractivity contribution in [1.82, 2.24) is 6.15 Å². The van der Waals surface area contributed by atoms with Crippen molar-refractivity contribution in [2.75, 3.05) is 0 Å². The van der Waals surface area contributed by atoms with Crippen LogP contribution in [0, 0.1) is 16.7 Å². The molecule has 0 unspecified atom stereocenters. The van der Waals surface area contributed by atoms with E-state index < -0.39 is 0 Å². The average molecular weight is 146 g/mol. The van der Waals surface area contributed by atoms with Gasteiger partial charge in [0.2, 0.25) is 0 Å². The summed E-state index contributed by atoms with van der Waals surface area (Å²) in [5.74, 6) is 0. The number of hydrogen-bond donors (Lipinski definition) is 2. The van der Waals surface area contributed by atoms with Gasteiger partial charge in [0.15, 0.2) is 5.34 Å². The van der Waals surface area contributed by atoms with Crippen molar-refractivity contribution in [1.29, 1.82) is 5.26 Å². The Labute approximate surface area is 51.3 Å². The summed E-state index contributed by atoms with van der Waals surface area (Å²) in [6.45, 7) is 4.75. The van der Waals surface area contributed by atoms with Crippen LogP contribution in [0.15, 0.2) is 5.34 Å². The Hall–Kier alpha value is -0.631. The molecule has 0 radical (unpaired) electrons. The van der Waals surface area contributed by atoms with Gasteiger partial charge in [0.05, 0.1) is 0 Å². The van der Waals surface area contributed by atoms with Crippen molar-refractivity contribution in [2.24, 2.45) is 5.34 Å². The summed E-state index contributed by atoms with van der Waals surface area (Å²) in [5, 5.41) is 14.1. The summed E-state index contributed by atoms with van der Waals surface area (Å²) >= 11 is 0. The van der Waals surface area contributed by atoms with Crippen LogP contribution in [-0.4, -0.2) is 5.21 Å². The van der Waals surface area contributed by atoms with E-state index in [1.165, 1.54) is 5.34 Å². The van der Waals surface area contributed by atoms with Crippen LogP contribution in [0.2, 0.25) is 0 Å². The molecule has 0 amide bonds. The molecule has 6 heteroatoms. The Balaban J connectivity index is -0.0000000105. The molecule has 0 spiro atoms. The van der Waals surface area contributed by atoms with E-state index in [4.69, 9.17) is 21.9 Å². The molecule has 5 nitrogen and oxygen atoms in total. The van der Waals surface area contributed by atoms with Crippen LogP contribution in [0.4, 0.5) is 0 Å². The SMILES string of the molecule is N.O=NO.[C-]#N.[Fe]. The minimum atomic E-state index is 0. The zero-order chi connectivity index (χ0) is 4.71. The largest absolute Gasteiger partial charge is 0.512 e. The third kappa shape index (κ3) is 153. The van der Waals surface area contributed by atoms with E-state index in [2.05, 4.69) is 0 Å². The van der Waals surface area contributed by atoms with Crippen LogP contribution < -0.4 is 6.15 Å².